The smallest absolute Gasteiger partial charge is 0.323 e. The van der Waals surface area contributed by atoms with E-state index in [-0.39, 0.29) is 30.6 Å². The predicted molar refractivity (Wildman–Crippen MR) is 74.1 cm³/mol. The number of amides is 1. The first-order valence-electron chi connectivity index (χ1n) is 6.49. The van der Waals surface area contributed by atoms with Gasteiger partial charge in [-0.3, -0.25) is 19.5 Å². The Labute approximate surface area is 120 Å². The van der Waals surface area contributed by atoms with E-state index in [1.165, 1.54) is 9.42 Å². The Hall–Kier alpha value is -2.64. The van der Waals surface area contributed by atoms with Crippen molar-refractivity contribution in [1.29, 1.82) is 0 Å². The van der Waals surface area contributed by atoms with Crippen LogP contribution in [0.3, 0.4) is 0 Å². The molecule has 2 heterocycles. The van der Waals surface area contributed by atoms with Gasteiger partial charge in [-0.1, -0.05) is 0 Å². The van der Waals surface area contributed by atoms with Crippen molar-refractivity contribution in [3.05, 3.63) is 33.9 Å². The molecular weight excluding hydrogens is 276 g/mol. The maximum absolute atomic E-state index is 12.3. The number of rotatable bonds is 5. The zero-order chi connectivity index (χ0) is 15.6. The lowest BCUT2D eigenvalue weighted by Crippen LogP contribution is -2.38. The van der Waals surface area contributed by atoms with Crippen LogP contribution in [0.15, 0.2) is 17.1 Å². The highest BCUT2D eigenvalue weighted by atomic mass is 16.4. The quantitative estimate of drug-likeness (QED) is 0.794. The zero-order valence-electron chi connectivity index (χ0n) is 11.8. The van der Waals surface area contributed by atoms with Crippen molar-refractivity contribution < 1.29 is 14.7 Å². The van der Waals surface area contributed by atoms with Gasteiger partial charge in [0.25, 0.3) is 5.56 Å². The molecule has 0 spiro atoms. The third kappa shape index (κ3) is 2.93. The Morgan fingerprint density at radius 2 is 2.19 bits per heavy atom. The lowest BCUT2D eigenvalue weighted by atomic mass is 10.1. The van der Waals surface area contributed by atoms with Gasteiger partial charge in [-0.2, -0.15) is 0 Å². The molecule has 0 radical (unpaired) electrons. The Morgan fingerprint density at radius 3 is 2.81 bits per heavy atom. The minimum Gasteiger partial charge on any atom is -0.480 e. The molecule has 0 aliphatic carbocycles. The molecule has 2 aromatic heterocycles. The SMILES string of the molecule is CCN(CC(=O)O)C(=O)Cc1c(C)nc2cc[nH]n2c1=O. The first kappa shape index (κ1) is 14.8. The fraction of sp³-hybridized carbons (Fsp3) is 0.385. The van der Waals surface area contributed by atoms with E-state index >= 15 is 0 Å². The van der Waals surface area contributed by atoms with Gasteiger partial charge in [-0.15, -0.1) is 0 Å². The lowest BCUT2D eigenvalue weighted by molar-refractivity contribution is -0.144. The second-order valence-corrected chi connectivity index (χ2v) is 4.62. The van der Waals surface area contributed by atoms with E-state index in [0.717, 1.165) is 0 Å². The van der Waals surface area contributed by atoms with Crippen LogP contribution in [-0.4, -0.2) is 49.6 Å². The summed E-state index contributed by atoms with van der Waals surface area (Å²) in [7, 11) is 0. The van der Waals surface area contributed by atoms with Gasteiger partial charge in [-0.25, -0.2) is 9.50 Å². The third-order valence-corrected chi connectivity index (χ3v) is 3.23. The summed E-state index contributed by atoms with van der Waals surface area (Å²) < 4.78 is 1.25. The van der Waals surface area contributed by atoms with Crippen LogP contribution >= 0.6 is 0 Å². The van der Waals surface area contributed by atoms with Crippen LogP contribution in [0.2, 0.25) is 0 Å². The van der Waals surface area contributed by atoms with Gasteiger partial charge in [0, 0.05) is 30.1 Å². The first-order valence-corrected chi connectivity index (χ1v) is 6.49. The summed E-state index contributed by atoms with van der Waals surface area (Å²) in [4.78, 5) is 40.6. The molecule has 8 nitrogen and oxygen atoms in total. The first-order chi connectivity index (χ1) is 9.93. The molecule has 0 saturated heterocycles. The van der Waals surface area contributed by atoms with Gasteiger partial charge in [0.1, 0.15) is 6.54 Å². The van der Waals surface area contributed by atoms with Gasteiger partial charge in [0.15, 0.2) is 5.65 Å². The normalized spacial score (nSPS) is 10.8. The predicted octanol–water partition coefficient (Wildman–Crippen LogP) is -0.193. The lowest BCUT2D eigenvalue weighted by Gasteiger charge is -2.18. The van der Waals surface area contributed by atoms with Crippen molar-refractivity contribution in [2.45, 2.75) is 20.3 Å². The van der Waals surface area contributed by atoms with Gasteiger partial charge >= 0.3 is 5.97 Å². The van der Waals surface area contributed by atoms with E-state index in [2.05, 4.69) is 10.1 Å². The zero-order valence-corrected chi connectivity index (χ0v) is 11.8. The van der Waals surface area contributed by atoms with Crippen LogP contribution in [0.1, 0.15) is 18.2 Å². The van der Waals surface area contributed by atoms with Crippen molar-refractivity contribution in [3.63, 3.8) is 0 Å². The average Bonchev–Trinajstić information content (AvgIpc) is 2.88. The number of carbonyl (C=O) groups excluding carboxylic acids is 1. The number of nitrogens with one attached hydrogen (secondary N) is 1. The number of likely N-dealkylation sites (N-methyl/N-ethyl adjacent to an activating group) is 1. The van der Waals surface area contributed by atoms with E-state index in [0.29, 0.717) is 11.3 Å². The van der Waals surface area contributed by atoms with Crippen LogP contribution in [0.25, 0.3) is 5.65 Å². The van der Waals surface area contributed by atoms with Crippen LogP contribution in [0.4, 0.5) is 0 Å². The monoisotopic (exact) mass is 292 g/mol. The molecule has 0 fully saturated rings. The minimum atomic E-state index is -1.09. The van der Waals surface area contributed by atoms with E-state index in [9.17, 15) is 14.4 Å². The number of carbonyl (C=O) groups is 2. The fourth-order valence-corrected chi connectivity index (χ4v) is 2.11. The Morgan fingerprint density at radius 1 is 1.48 bits per heavy atom. The molecule has 1 amide bonds. The number of aromatic amines is 1. The number of H-pyrrole nitrogens is 1. The van der Waals surface area contributed by atoms with Crippen LogP contribution in [-0.2, 0) is 16.0 Å². The van der Waals surface area contributed by atoms with Gasteiger partial charge in [0.05, 0.1) is 6.42 Å². The second-order valence-electron chi connectivity index (χ2n) is 4.62. The Kier molecular flexibility index (Phi) is 4.06. The molecule has 2 aromatic rings. The molecule has 0 atom stereocenters. The molecule has 0 saturated carbocycles. The van der Waals surface area contributed by atoms with E-state index in [4.69, 9.17) is 5.11 Å². The number of fused-ring (bicyclic) bond motifs is 1. The summed E-state index contributed by atoms with van der Waals surface area (Å²) in [6, 6.07) is 1.66. The average molecular weight is 292 g/mol. The number of nitrogens with zero attached hydrogens (tertiary/aromatic N) is 3. The standard InChI is InChI=1S/C13H16N4O4/c1-3-16(7-12(19)20)11(18)6-9-8(2)15-10-4-5-14-17(10)13(9)21/h4-5,14H,3,6-7H2,1-2H3,(H,19,20). The molecule has 21 heavy (non-hydrogen) atoms. The van der Waals surface area contributed by atoms with Crippen molar-refractivity contribution in [2.24, 2.45) is 0 Å². The number of carboxylic acid groups (broad SMARTS) is 1. The summed E-state index contributed by atoms with van der Waals surface area (Å²) in [5, 5.41) is 11.5. The molecule has 112 valence electrons. The third-order valence-electron chi connectivity index (χ3n) is 3.23. The molecule has 0 aliphatic rings. The number of aliphatic carboxylic acids is 1. The molecule has 0 aliphatic heterocycles. The topological polar surface area (TPSA) is 108 Å². The van der Waals surface area contributed by atoms with Crippen molar-refractivity contribution >= 4 is 17.5 Å². The summed E-state index contributed by atoms with van der Waals surface area (Å²) in [5.41, 5.74) is 0.872. The van der Waals surface area contributed by atoms with Crippen molar-refractivity contribution in [2.75, 3.05) is 13.1 Å². The van der Waals surface area contributed by atoms with Crippen LogP contribution < -0.4 is 5.56 Å². The van der Waals surface area contributed by atoms with Crippen molar-refractivity contribution in [1.82, 2.24) is 19.5 Å². The Bertz CT molecular complexity index is 746. The van der Waals surface area contributed by atoms with Crippen molar-refractivity contribution in [3.8, 4) is 0 Å². The number of aryl methyl sites for hydroxylation is 1. The van der Waals surface area contributed by atoms with Crippen LogP contribution in [0.5, 0.6) is 0 Å². The summed E-state index contributed by atoms with van der Waals surface area (Å²) in [5.74, 6) is -1.50. The summed E-state index contributed by atoms with van der Waals surface area (Å²) in [6.07, 6.45) is 1.41. The number of carboxylic acids is 1. The molecule has 0 bridgehead atoms. The maximum atomic E-state index is 12.3. The largest absolute Gasteiger partial charge is 0.480 e. The molecule has 8 heteroatoms. The maximum Gasteiger partial charge on any atom is 0.323 e. The highest BCUT2D eigenvalue weighted by Gasteiger charge is 2.19. The van der Waals surface area contributed by atoms with E-state index in [1.807, 2.05) is 0 Å². The van der Waals surface area contributed by atoms with E-state index < -0.39 is 11.9 Å². The number of hydrogen-bond acceptors (Lipinski definition) is 4. The number of aromatic nitrogens is 3. The molecule has 2 N–H and O–H groups in total. The molecule has 0 unspecified atom stereocenters. The van der Waals surface area contributed by atoms with Gasteiger partial charge in [-0.05, 0) is 13.8 Å². The fourth-order valence-electron chi connectivity index (χ4n) is 2.11. The highest BCUT2D eigenvalue weighted by molar-refractivity contribution is 5.83. The number of hydrogen-bond donors (Lipinski definition) is 2. The highest BCUT2D eigenvalue weighted by Crippen LogP contribution is 2.05. The second kappa shape index (κ2) is 5.78. The Balaban J connectivity index is 2.32. The van der Waals surface area contributed by atoms with Crippen LogP contribution in [0, 0.1) is 6.92 Å². The molecule has 0 aromatic carbocycles. The minimum absolute atomic E-state index is 0.166. The summed E-state index contributed by atoms with van der Waals surface area (Å²) in [6.45, 7) is 3.23. The molecule has 2 rings (SSSR count). The van der Waals surface area contributed by atoms with E-state index in [1.54, 1.807) is 26.1 Å². The van der Waals surface area contributed by atoms with Gasteiger partial charge in [0.2, 0.25) is 5.91 Å². The molecular formula is C13H16N4O4. The van der Waals surface area contributed by atoms with Gasteiger partial charge < -0.3 is 10.0 Å². The summed E-state index contributed by atoms with van der Waals surface area (Å²) >= 11 is 0.